The van der Waals surface area contributed by atoms with E-state index in [0.717, 1.165) is 31.3 Å². The lowest BCUT2D eigenvalue weighted by molar-refractivity contribution is -0.158. The molecule has 2 saturated carbocycles. The fourth-order valence-electron chi connectivity index (χ4n) is 6.30. The van der Waals surface area contributed by atoms with E-state index in [-0.39, 0.29) is 52.2 Å². The minimum Gasteiger partial charge on any atom is -0.462 e. The molecule has 4 nitrogen and oxygen atoms in total. The molecule has 2 fully saturated rings. The molecule has 0 spiro atoms. The van der Waals surface area contributed by atoms with Gasteiger partial charge in [0.05, 0.1) is 0 Å². The van der Waals surface area contributed by atoms with Gasteiger partial charge in [-0.05, 0) is 55.2 Å². The van der Waals surface area contributed by atoms with Gasteiger partial charge < -0.3 is 4.74 Å². The first-order valence-electron chi connectivity index (χ1n) is 9.40. The van der Waals surface area contributed by atoms with Gasteiger partial charge >= 0.3 is 5.97 Å². The van der Waals surface area contributed by atoms with E-state index in [2.05, 4.69) is 13.8 Å². The van der Waals surface area contributed by atoms with Crippen LogP contribution >= 0.6 is 0 Å². The van der Waals surface area contributed by atoms with Gasteiger partial charge in [-0.25, -0.2) is 0 Å². The van der Waals surface area contributed by atoms with Crippen molar-refractivity contribution in [1.82, 2.24) is 0 Å². The number of fused-ring (bicyclic) bond motifs is 5. The molecule has 0 aromatic carbocycles. The van der Waals surface area contributed by atoms with Crippen LogP contribution in [0, 0.1) is 28.6 Å². The Kier molecular flexibility index (Phi) is 3.61. The third kappa shape index (κ3) is 2.29. The largest absolute Gasteiger partial charge is 0.462 e. The third-order valence-electron chi connectivity index (χ3n) is 7.59. The van der Waals surface area contributed by atoms with Gasteiger partial charge in [-0.3, -0.25) is 14.4 Å². The minimum absolute atomic E-state index is 0.0487. The Balaban J connectivity index is 1.72. The predicted octanol–water partition coefficient (Wildman–Crippen LogP) is 3.41. The van der Waals surface area contributed by atoms with Crippen LogP contribution in [-0.4, -0.2) is 23.6 Å². The Hall–Kier alpha value is -1.71. The molecule has 134 valence electrons. The number of ketones is 2. The van der Waals surface area contributed by atoms with E-state index in [0.29, 0.717) is 6.42 Å². The third-order valence-corrected chi connectivity index (χ3v) is 7.59. The zero-order valence-electron chi connectivity index (χ0n) is 15.2. The van der Waals surface area contributed by atoms with Crippen LogP contribution in [0.1, 0.15) is 52.9 Å². The smallest absolute Gasteiger partial charge is 0.302 e. The molecular formula is C21H26O4. The van der Waals surface area contributed by atoms with Crippen molar-refractivity contribution in [2.45, 2.75) is 59.0 Å². The summed E-state index contributed by atoms with van der Waals surface area (Å²) in [6.07, 6.45) is 9.28. The van der Waals surface area contributed by atoms with Crippen LogP contribution in [0.25, 0.3) is 0 Å². The topological polar surface area (TPSA) is 60.4 Å². The van der Waals surface area contributed by atoms with Crippen molar-refractivity contribution < 1.29 is 19.1 Å². The molecule has 25 heavy (non-hydrogen) atoms. The van der Waals surface area contributed by atoms with Gasteiger partial charge in [0.15, 0.2) is 11.6 Å². The van der Waals surface area contributed by atoms with E-state index in [9.17, 15) is 14.4 Å². The van der Waals surface area contributed by atoms with Crippen molar-refractivity contribution in [2.75, 3.05) is 0 Å². The number of carbonyl (C=O) groups is 3. The number of hydrogen-bond donors (Lipinski definition) is 0. The number of esters is 1. The van der Waals surface area contributed by atoms with Crippen LogP contribution in [0.5, 0.6) is 0 Å². The molecule has 6 atom stereocenters. The number of hydrogen-bond acceptors (Lipinski definition) is 4. The Bertz CT molecular complexity index is 717. The Labute approximate surface area is 148 Å². The first-order chi connectivity index (χ1) is 11.8. The highest BCUT2D eigenvalue weighted by Crippen LogP contribution is 2.63. The summed E-state index contributed by atoms with van der Waals surface area (Å²) in [6.45, 7) is 5.81. The second-order valence-corrected chi connectivity index (χ2v) is 8.85. The van der Waals surface area contributed by atoms with E-state index in [4.69, 9.17) is 4.74 Å². The average Bonchev–Trinajstić information content (AvgIpc) is 2.84. The quantitative estimate of drug-likeness (QED) is 0.685. The molecule has 0 amide bonds. The molecule has 0 heterocycles. The van der Waals surface area contributed by atoms with Crippen molar-refractivity contribution in [3.63, 3.8) is 0 Å². The monoisotopic (exact) mass is 342 g/mol. The maximum atomic E-state index is 13.0. The molecule has 4 aliphatic rings. The number of rotatable bonds is 1. The first kappa shape index (κ1) is 16.7. The van der Waals surface area contributed by atoms with Gasteiger partial charge in [-0.1, -0.05) is 19.9 Å². The molecule has 0 unspecified atom stereocenters. The standard InChI is InChI=1S/C21H26O4/c1-12(22)25-18-7-6-15-19-16(8-9-20(15,18)2)21(3)11-14(23)5-4-13(21)10-17(19)24/h4-5,10,15-16,18-19H,6-9,11H2,1-3H3/t15-,16-,18-,19-,20-,21-/m0/s1. The van der Waals surface area contributed by atoms with Crippen LogP contribution in [0.2, 0.25) is 0 Å². The number of ether oxygens (including phenoxy) is 1. The highest BCUT2D eigenvalue weighted by molar-refractivity contribution is 5.98. The van der Waals surface area contributed by atoms with Crippen LogP contribution in [0.3, 0.4) is 0 Å². The summed E-state index contributed by atoms with van der Waals surface area (Å²) in [5, 5.41) is 0. The molecule has 4 aliphatic carbocycles. The lowest BCUT2D eigenvalue weighted by atomic mass is 9.48. The number of carbonyl (C=O) groups excluding carboxylic acids is 3. The summed E-state index contributed by atoms with van der Waals surface area (Å²) < 4.78 is 5.62. The Morgan fingerprint density at radius 3 is 2.60 bits per heavy atom. The van der Waals surface area contributed by atoms with Gasteiger partial charge in [-0.2, -0.15) is 0 Å². The lowest BCUT2D eigenvalue weighted by Gasteiger charge is -2.55. The summed E-state index contributed by atoms with van der Waals surface area (Å²) in [6, 6.07) is 0. The maximum absolute atomic E-state index is 13.0. The average molecular weight is 342 g/mol. The van der Waals surface area contributed by atoms with E-state index in [1.807, 2.05) is 6.08 Å². The van der Waals surface area contributed by atoms with E-state index >= 15 is 0 Å². The zero-order chi connectivity index (χ0) is 18.0. The summed E-state index contributed by atoms with van der Waals surface area (Å²) in [5.74, 6) is 0.524. The molecule has 4 rings (SSSR count). The fraction of sp³-hybridized carbons (Fsp3) is 0.667. The zero-order valence-corrected chi connectivity index (χ0v) is 15.2. The van der Waals surface area contributed by atoms with Crippen LogP contribution in [-0.2, 0) is 19.1 Å². The maximum Gasteiger partial charge on any atom is 0.302 e. The summed E-state index contributed by atoms with van der Waals surface area (Å²) in [5.41, 5.74) is 0.667. The van der Waals surface area contributed by atoms with Gasteiger partial charge in [-0.15, -0.1) is 0 Å². The Morgan fingerprint density at radius 1 is 1.12 bits per heavy atom. The summed E-state index contributed by atoms with van der Waals surface area (Å²) in [4.78, 5) is 36.6. The van der Waals surface area contributed by atoms with E-state index in [1.165, 1.54) is 6.92 Å². The molecule has 0 aliphatic heterocycles. The minimum atomic E-state index is -0.235. The van der Waals surface area contributed by atoms with Gasteiger partial charge in [0, 0.05) is 30.1 Å². The summed E-state index contributed by atoms with van der Waals surface area (Å²) >= 11 is 0. The van der Waals surface area contributed by atoms with Crippen LogP contribution in [0.15, 0.2) is 23.8 Å². The lowest BCUT2D eigenvalue weighted by Crippen LogP contribution is -2.53. The van der Waals surface area contributed by atoms with Gasteiger partial charge in [0.2, 0.25) is 0 Å². The van der Waals surface area contributed by atoms with Crippen molar-refractivity contribution in [2.24, 2.45) is 28.6 Å². The molecule has 0 aromatic rings. The molecule has 4 heteroatoms. The van der Waals surface area contributed by atoms with Crippen LogP contribution in [0.4, 0.5) is 0 Å². The Morgan fingerprint density at radius 2 is 1.88 bits per heavy atom. The van der Waals surface area contributed by atoms with Crippen molar-refractivity contribution in [3.8, 4) is 0 Å². The second kappa shape index (κ2) is 5.39. The predicted molar refractivity (Wildman–Crippen MR) is 92.6 cm³/mol. The molecular weight excluding hydrogens is 316 g/mol. The molecule has 0 N–H and O–H groups in total. The van der Waals surface area contributed by atoms with Gasteiger partial charge in [0.25, 0.3) is 0 Å². The highest BCUT2D eigenvalue weighted by atomic mass is 16.5. The van der Waals surface area contributed by atoms with Crippen molar-refractivity contribution >= 4 is 17.5 Å². The number of allylic oxidation sites excluding steroid dienone is 4. The SMILES string of the molecule is CC(=O)O[C@H]1CC[C@H]2[C@@H]3C(=O)C=C4C=CC(=O)C[C@]4(C)[C@H]3CC[C@]12C. The molecule has 0 bridgehead atoms. The highest BCUT2D eigenvalue weighted by Gasteiger charge is 2.61. The summed E-state index contributed by atoms with van der Waals surface area (Å²) in [7, 11) is 0. The molecule has 0 radical (unpaired) electrons. The van der Waals surface area contributed by atoms with Crippen molar-refractivity contribution in [3.05, 3.63) is 23.8 Å². The van der Waals surface area contributed by atoms with Crippen molar-refractivity contribution in [1.29, 1.82) is 0 Å². The fourth-order valence-corrected chi connectivity index (χ4v) is 6.30. The normalized spacial score (nSPS) is 45.3. The molecule has 0 saturated heterocycles. The van der Waals surface area contributed by atoms with Gasteiger partial charge in [0.1, 0.15) is 6.10 Å². The first-order valence-corrected chi connectivity index (χ1v) is 9.40. The van der Waals surface area contributed by atoms with E-state index in [1.54, 1.807) is 12.2 Å². The van der Waals surface area contributed by atoms with E-state index < -0.39 is 0 Å². The van der Waals surface area contributed by atoms with Crippen LogP contribution < -0.4 is 0 Å². The second-order valence-electron chi connectivity index (χ2n) is 8.85. The molecule has 0 aromatic heterocycles.